The van der Waals surface area contributed by atoms with Crippen molar-refractivity contribution in [1.29, 1.82) is 0 Å². The Kier molecular flexibility index (Phi) is 5.96. The SMILES string of the molecule is CO[C@H]1C[C@H](O[C@H]2[C@H](C)O[C@@H](O)C[C@@H]2OC)O[C@@H](C)C1O. The Morgan fingerprint density at radius 2 is 1.57 bits per heavy atom. The smallest absolute Gasteiger partial charge is 0.161 e. The lowest BCUT2D eigenvalue weighted by Crippen LogP contribution is -2.54. The quantitative estimate of drug-likeness (QED) is 0.757. The van der Waals surface area contributed by atoms with Crippen molar-refractivity contribution in [3.8, 4) is 0 Å². The van der Waals surface area contributed by atoms with Crippen molar-refractivity contribution in [2.45, 2.75) is 75.9 Å². The van der Waals surface area contributed by atoms with E-state index in [9.17, 15) is 10.2 Å². The van der Waals surface area contributed by atoms with E-state index in [1.54, 1.807) is 21.1 Å². The highest BCUT2D eigenvalue weighted by Gasteiger charge is 2.42. The molecule has 2 aliphatic rings. The van der Waals surface area contributed by atoms with Crippen LogP contribution in [0.4, 0.5) is 0 Å². The Hall–Kier alpha value is -0.280. The van der Waals surface area contributed by atoms with Gasteiger partial charge in [-0.3, -0.25) is 0 Å². The van der Waals surface area contributed by atoms with Crippen molar-refractivity contribution < 1.29 is 33.9 Å². The molecule has 7 heteroatoms. The van der Waals surface area contributed by atoms with Gasteiger partial charge in [0.1, 0.15) is 12.2 Å². The highest BCUT2D eigenvalue weighted by atomic mass is 16.7. The number of aliphatic hydroxyl groups is 2. The number of rotatable bonds is 4. The van der Waals surface area contributed by atoms with Gasteiger partial charge in [-0.25, -0.2) is 0 Å². The molecule has 21 heavy (non-hydrogen) atoms. The lowest BCUT2D eigenvalue weighted by Gasteiger charge is -2.42. The predicted octanol–water partition coefficient (Wildman–Crippen LogP) is 0.0246. The van der Waals surface area contributed by atoms with Gasteiger partial charge >= 0.3 is 0 Å². The molecule has 0 bridgehead atoms. The minimum absolute atomic E-state index is 0.268. The Labute approximate surface area is 125 Å². The molecule has 2 fully saturated rings. The van der Waals surface area contributed by atoms with Crippen molar-refractivity contribution in [2.75, 3.05) is 14.2 Å². The van der Waals surface area contributed by atoms with Crippen LogP contribution in [0.25, 0.3) is 0 Å². The minimum Gasteiger partial charge on any atom is -0.388 e. The van der Waals surface area contributed by atoms with Crippen LogP contribution in [0.5, 0.6) is 0 Å². The second-order valence-corrected chi connectivity index (χ2v) is 5.68. The molecule has 0 radical (unpaired) electrons. The molecular weight excluding hydrogens is 280 g/mol. The van der Waals surface area contributed by atoms with E-state index in [0.29, 0.717) is 12.8 Å². The van der Waals surface area contributed by atoms with Gasteiger partial charge in [0.15, 0.2) is 12.6 Å². The van der Waals surface area contributed by atoms with Gasteiger partial charge in [0.25, 0.3) is 0 Å². The average Bonchev–Trinajstić information content (AvgIpc) is 2.45. The third-order valence-corrected chi connectivity index (χ3v) is 4.20. The third kappa shape index (κ3) is 3.92. The Morgan fingerprint density at radius 3 is 2.19 bits per heavy atom. The maximum absolute atomic E-state index is 9.96. The van der Waals surface area contributed by atoms with E-state index >= 15 is 0 Å². The summed E-state index contributed by atoms with van der Waals surface area (Å²) in [6.07, 6.45) is -2.86. The first-order chi connectivity index (χ1) is 9.96. The Balaban J connectivity index is 1.99. The van der Waals surface area contributed by atoms with Crippen LogP contribution in [0.1, 0.15) is 26.7 Å². The second kappa shape index (κ2) is 7.32. The largest absolute Gasteiger partial charge is 0.388 e. The maximum Gasteiger partial charge on any atom is 0.161 e. The van der Waals surface area contributed by atoms with Gasteiger partial charge in [-0.05, 0) is 13.8 Å². The molecule has 0 saturated carbocycles. The van der Waals surface area contributed by atoms with Crippen LogP contribution in [-0.4, -0.2) is 73.6 Å². The van der Waals surface area contributed by atoms with E-state index in [0.717, 1.165) is 0 Å². The van der Waals surface area contributed by atoms with E-state index in [-0.39, 0.29) is 30.5 Å². The fourth-order valence-electron chi connectivity index (χ4n) is 2.95. The molecule has 0 aromatic carbocycles. The summed E-state index contributed by atoms with van der Waals surface area (Å²) >= 11 is 0. The first-order valence-electron chi connectivity index (χ1n) is 7.34. The summed E-state index contributed by atoms with van der Waals surface area (Å²) < 4.78 is 27.7. The van der Waals surface area contributed by atoms with E-state index in [1.165, 1.54) is 0 Å². The topological polar surface area (TPSA) is 86.6 Å². The van der Waals surface area contributed by atoms with Crippen LogP contribution in [0.15, 0.2) is 0 Å². The molecule has 0 aromatic heterocycles. The first-order valence-corrected chi connectivity index (χ1v) is 7.34. The van der Waals surface area contributed by atoms with Crippen LogP contribution >= 0.6 is 0 Å². The van der Waals surface area contributed by atoms with Crippen LogP contribution in [0, 0.1) is 0 Å². The predicted molar refractivity (Wildman–Crippen MR) is 72.6 cm³/mol. The summed E-state index contributed by atoms with van der Waals surface area (Å²) in [5.74, 6) is 0. The first kappa shape index (κ1) is 17.1. The van der Waals surface area contributed by atoms with Gasteiger partial charge in [0.05, 0.1) is 24.4 Å². The monoisotopic (exact) mass is 306 g/mol. The Morgan fingerprint density at radius 1 is 0.905 bits per heavy atom. The molecule has 1 unspecified atom stereocenters. The van der Waals surface area contributed by atoms with E-state index in [2.05, 4.69) is 0 Å². The van der Waals surface area contributed by atoms with E-state index < -0.39 is 18.7 Å². The normalized spacial score (nSPS) is 48.3. The van der Waals surface area contributed by atoms with Gasteiger partial charge < -0.3 is 33.9 Å². The molecule has 0 aliphatic carbocycles. The zero-order chi connectivity index (χ0) is 15.6. The number of hydrogen-bond donors (Lipinski definition) is 2. The lowest BCUT2D eigenvalue weighted by molar-refractivity contribution is -0.310. The standard InChI is InChI=1S/C14H26O7/c1-7-13(16)9(17-3)6-12(20-7)21-14-8(2)19-11(15)5-10(14)18-4/h7-16H,5-6H2,1-4H3/t7-,8-,9-,10-,11+,12-,13?,14-/m0/s1. The molecule has 2 N–H and O–H groups in total. The van der Waals surface area contributed by atoms with Crippen LogP contribution in [-0.2, 0) is 23.7 Å². The summed E-state index contributed by atoms with van der Waals surface area (Å²) in [7, 11) is 3.14. The summed E-state index contributed by atoms with van der Waals surface area (Å²) in [6.45, 7) is 3.61. The van der Waals surface area contributed by atoms with Gasteiger partial charge in [-0.1, -0.05) is 0 Å². The number of ether oxygens (including phenoxy) is 5. The van der Waals surface area contributed by atoms with Crippen molar-refractivity contribution in [3.05, 3.63) is 0 Å². The zero-order valence-electron chi connectivity index (χ0n) is 13.0. The maximum atomic E-state index is 9.96. The van der Waals surface area contributed by atoms with E-state index in [1.807, 2.05) is 6.92 Å². The highest BCUT2D eigenvalue weighted by molar-refractivity contribution is 4.86. The lowest BCUT2D eigenvalue weighted by atomic mass is 10.0. The summed E-state index contributed by atoms with van der Waals surface area (Å²) in [5, 5.41) is 19.6. The second-order valence-electron chi connectivity index (χ2n) is 5.68. The molecule has 0 spiro atoms. The number of aliphatic hydroxyl groups excluding tert-OH is 2. The van der Waals surface area contributed by atoms with Gasteiger partial charge in [-0.15, -0.1) is 0 Å². The molecule has 2 aliphatic heterocycles. The summed E-state index contributed by atoms with van der Waals surface area (Å²) in [6, 6.07) is 0. The van der Waals surface area contributed by atoms with Crippen molar-refractivity contribution in [3.63, 3.8) is 0 Å². The fraction of sp³-hybridized carbons (Fsp3) is 1.00. The molecular formula is C14H26O7. The molecule has 0 aromatic rings. The zero-order valence-corrected chi connectivity index (χ0v) is 13.0. The van der Waals surface area contributed by atoms with Crippen molar-refractivity contribution in [2.24, 2.45) is 0 Å². The molecule has 0 amide bonds. The molecule has 7 nitrogen and oxygen atoms in total. The highest BCUT2D eigenvalue weighted by Crippen LogP contribution is 2.29. The van der Waals surface area contributed by atoms with Gasteiger partial charge in [0, 0.05) is 27.1 Å². The molecule has 2 saturated heterocycles. The minimum atomic E-state index is -0.843. The summed E-state index contributed by atoms with van der Waals surface area (Å²) in [4.78, 5) is 0. The fourth-order valence-corrected chi connectivity index (χ4v) is 2.95. The third-order valence-electron chi connectivity index (χ3n) is 4.20. The van der Waals surface area contributed by atoms with Gasteiger partial charge in [0.2, 0.25) is 0 Å². The molecule has 2 rings (SSSR count). The van der Waals surface area contributed by atoms with Crippen molar-refractivity contribution in [1.82, 2.24) is 0 Å². The number of hydrogen-bond acceptors (Lipinski definition) is 7. The van der Waals surface area contributed by atoms with Crippen LogP contribution < -0.4 is 0 Å². The average molecular weight is 306 g/mol. The number of methoxy groups -OCH3 is 2. The van der Waals surface area contributed by atoms with Crippen LogP contribution in [0.2, 0.25) is 0 Å². The van der Waals surface area contributed by atoms with Crippen molar-refractivity contribution >= 4 is 0 Å². The van der Waals surface area contributed by atoms with E-state index in [4.69, 9.17) is 23.7 Å². The Bertz CT molecular complexity index is 326. The molecule has 2 heterocycles. The summed E-state index contributed by atoms with van der Waals surface area (Å²) in [5.41, 5.74) is 0. The molecule has 124 valence electrons. The van der Waals surface area contributed by atoms with Gasteiger partial charge in [-0.2, -0.15) is 0 Å². The van der Waals surface area contributed by atoms with Crippen LogP contribution in [0.3, 0.4) is 0 Å². The molecule has 8 atom stereocenters.